The normalized spacial score (nSPS) is 10.3. The molecule has 6 nitrogen and oxygen atoms in total. The van der Waals surface area contributed by atoms with Crippen LogP contribution in [0, 0.1) is 17.0 Å². The first-order valence-corrected chi connectivity index (χ1v) is 6.81. The van der Waals surface area contributed by atoms with Gasteiger partial charge >= 0.3 is 0 Å². The Bertz CT molecular complexity index is 672. The molecule has 1 aromatic heterocycles. The maximum absolute atomic E-state index is 12.0. The van der Waals surface area contributed by atoms with Gasteiger partial charge in [-0.2, -0.15) is 0 Å². The van der Waals surface area contributed by atoms with E-state index in [0.717, 1.165) is 9.88 Å². The van der Waals surface area contributed by atoms with Crippen LogP contribution in [0.4, 0.5) is 5.69 Å². The van der Waals surface area contributed by atoms with E-state index >= 15 is 0 Å². The Labute approximate surface area is 123 Å². The summed E-state index contributed by atoms with van der Waals surface area (Å²) in [5.41, 5.74) is -0.210. The van der Waals surface area contributed by atoms with Crippen LogP contribution in [-0.4, -0.2) is 15.8 Å². The maximum atomic E-state index is 12.0. The minimum Gasteiger partial charge on any atom is -0.345 e. The standard InChI is InChI=1S/C12H10ClN3O3S/c1-7-5-14-10(20-7)6-15-12(17)8-3-2-4-9(11(8)13)16(18)19/h2-5H,6H2,1H3,(H,15,17). The molecule has 1 heterocycles. The van der Waals surface area contributed by atoms with Crippen LogP contribution in [0.15, 0.2) is 24.4 Å². The molecular formula is C12H10ClN3O3S. The van der Waals surface area contributed by atoms with Crippen molar-refractivity contribution in [3.63, 3.8) is 0 Å². The van der Waals surface area contributed by atoms with Gasteiger partial charge in [-0.1, -0.05) is 17.7 Å². The van der Waals surface area contributed by atoms with Crippen LogP contribution in [-0.2, 0) is 6.54 Å². The van der Waals surface area contributed by atoms with E-state index in [0.29, 0.717) is 0 Å². The second-order valence-corrected chi connectivity index (χ2v) is 5.64. The topological polar surface area (TPSA) is 85.1 Å². The summed E-state index contributed by atoms with van der Waals surface area (Å²) in [6, 6.07) is 4.12. The number of nitro groups is 1. The first-order chi connectivity index (χ1) is 9.49. The number of nitro benzene ring substituents is 1. The third-order valence-electron chi connectivity index (χ3n) is 2.49. The highest BCUT2D eigenvalue weighted by molar-refractivity contribution is 7.11. The fourth-order valence-corrected chi connectivity index (χ4v) is 2.58. The molecule has 2 rings (SSSR count). The summed E-state index contributed by atoms with van der Waals surface area (Å²) in [7, 11) is 0. The molecule has 1 N–H and O–H groups in total. The van der Waals surface area contributed by atoms with Gasteiger partial charge in [0.25, 0.3) is 11.6 Å². The summed E-state index contributed by atoms with van der Waals surface area (Å²) in [6.07, 6.45) is 1.71. The van der Waals surface area contributed by atoms with Crippen molar-refractivity contribution in [2.75, 3.05) is 0 Å². The number of hydrogen-bond donors (Lipinski definition) is 1. The van der Waals surface area contributed by atoms with E-state index in [2.05, 4.69) is 10.3 Å². The molecule has 0 aliphatic carbocycles. The Morgan fingerprint density at radius 3 is 2.90 bits per heavy atom. The van der Waals surface area contributed by atoms with Crippen molar-refractivity contribution in [3.05, 3.63) is 55.0 Å². The number of amides is 1. The Morgan fingerprint density at radius 2 is 2.30 bits per heavy atom. The molecule has 0 spiro atoms. The molecule has 1 amide bonds. The number of aromatic nitrogens is 1. The number of carbonyl (C=O) groups is 1. The Morgan fingerprint density at radius 1 is 1.55 bits per heavy atom. The van der Waals surface area contributed by atoms with Crippen LogP contribution >= 0.6 is 22.9 Å². The Hall–Kier alpha value is -1.99. The van der Waals surface area contributed by atoms with Gasteiger partial charge in [-0.05, 0) is 13.0 Å². The van der Waals surface area contributed by atoms with Gasteiger partial charge in [0.2, 0.25) is 0 Å². The number of rotatable bonds is 4. The number of nitrogens with zero attached hydrogens (tertiary/aromatic N) is 2. The van der Waals surface area contributed by atoms with Crippen molar-refractivity contribution in [1.82, 2.24) is 10.3 Å². The van der Waals surface area contributed by atoms with E-state index in [1.54, 1.807) is 6.20 Å². The minimum absolute atomic E-state index is 0.0779. The molecule has 0 atom stereocenters. The number of carbonyl (C=O) groups excluding carboxylic acids is 1. The lowest BCUT2D eigenvalue weighted by atomic mass is 10.2. The second-order valence-electron chi connectivity index (χ2n) is 3.94. The van der Waals surface area contributed by atoms with Crippen LogP contribution in [0.25, 0.3) is 0 Å². The van der Waals surface area contributed by atoms with Crippen molar-refractivity contribution in [2.45, 2.75) is 13.5 Å². The van der Waals surface area contributed by atoms with Gasteiger partial charge in [-0.15, -0.1) is 11.3 Å². The summed E-state index contributed by atoms with van der Waals surface area (Å²) >= 11 is 7.34. The van der Waals surface area contributed by atoms with Gasteiger partial charge in [-0.3, -0.25) is 14.9 Å². The van der Waals surface area contributed by atoms with E-state index < -0.39 is 10.8 Å². The number of thiazole rings is 1. The highest BCUT2D eigenvalue weighted by atomic mass is 35.5. The zero-order chi connectivity index (χ0) is 14.7. The van der Waals surface area contributed by atoms with Crippen molar-refractivity contribution in [3.8, 4) is 0 Å². The van der Waals surface area contributed by atoms with Crippen LogP contribution in [0.3, 0.4) is 0 Å². The quantitative estimate of drug-likeness (QED) is 0.695. The smallest absolute Gasteiger partial charge is 0.288 e. The average molecular weight is 312 g/mol. The fourth-order valence-electron chi connectivity index (χ4n) is 1.57. The third-order valence-corrected chi connectivity index (χ3v) is 3.80. The van der Waals surface area contributed by atoms with Gasteiger partial charge in [0.15, 0.2) is 0 Å². The maximum Gasteiger partial charge on any atom is 0.288 e. The lowest BCUT2D eigenvalue weighted by molar-refractivity contribution is -0.384. The number of aryl methyl sites for hydroxylation is 1. The van der Waals surface area contributed by atoms with Gasteiger partial charge in [0.05, 0.1) is 17.0 Å². The first kappa shape index (κ1) is 14.4. The SMILES string of the molecule is Cc1cnc(CNC(=O)c2cccc([N+](=O)[O-])c2Cl)s1. The monoisotopic (exact) mass is 311 g/mol. The molecule has 0 bridgehead atoms. The molecule has 8 heteroatoms. The molecule has 0 saturated heterocycles. The molecule has 0 radical (unpaired) electrons. The Balaban J connectivity index is 2.13. The van der Waals surface area contributed by atoms with Crippen molar-refractivity contribution in [2.24, 2.45) is 0 Å². The molecule has 0 aliphatic heterocycles. The van der Waals surface area contributed by atoms with Crippen molar-refractivity contribution >= 4 is 34.5 Å². The highest BCUT2D eigenvalue weighted by Gasteiger charge is 2.19. The summed E-state index contributed by atoms with van der Waals surface area (Å²) in [6.45, 7) is 2.18. The number of nitrogens with one attached hydrogen (secondary N) is 1. The predicted octanol–water partition coefficient (Wildman–Crippen LogP) is 2.94. The van der Waals surface area contributed by atoms with Crippen LogP contribution in [0.2, 0.25) is 5.02 Å². The number of hydrogen-bond acceptors (Lipinski definition) is 5. The largest absolute Gasteiger partial charge is 0.345 e. The zero-order valence-electron chi connectivity index (χ0n) is 10.4. The van der Waals surface area contributed by atoms with Crippen LogP contribution in [0.5, 0.6) is 0 Å². The molecule has 0 unspecified atom stereocenters. The van der Waals surface area contributed by atoms with Gasteiger partial charge in [-0.25, -0.2) is 4.98 Å². The van der Waals surface area contributed by atoms with Crippen molar-refractivity contribution in [1.29, 1.82) is 0 Å². The lowest BCUT2D eigenvalue weighted by Crippen LogP contribution is -2.23. The number of halogens is 1. The molecule has 2 aromatic rings. The molecular weight excluding hydrogens is 302 g/mol. The van der Waals surface area contributed by atoms with Crippen LogP contribution in [0.1, 0.15) is 20.2 Å². The average Bonchev–Trinajstić information content (AvgIpc) is 2.81. The highest BCUT2D eigenvalue weighted by Crippen LogP contribution is 2.27. The van der Waals surface area contributed by atoms with Gasteiger partial charge < -0.3 is 5.32 Å². The molecule has 0 saturated carbocycles. The van der Waals surface area contributed by atoms with Crippen LogP contribution < -0.4 is 5.32 Å². The summed E-state index contributed by atoms with van der Waals surface area (Å²) in [4.78, 5) is 27.3. The Kier molecular flexibility index (Phi) is 4.31. The summed E-state index contributed by atoms with van der Waals surface area (Å²) < 4.78 is 0. The molecule has 1 aromatic carbocycles. The molecule has 20 heavy (non-hydrogen) atoms. The molecule has 0 aliphatic rings. The first-order valence-electron chi connectivity index (χ1n) is 5.61. The van der Waals surface area contributed by atoms with E-state index in [1.807, 2.05) is 6.92 Å². The van der Waals surface area contributed by atoms with E-state index in [9.17, 15) is 14.9 Å². The summed E-state index contributed by atoms with van der Waals surface area (Å²) in [5, 5.41) is 14.0. The van der Waals surface area contributed by atoms with E-state index in [1.165, 1.54) is 29.5 Å². The second kappa shape index (κ2) is 5.98. The van der Waals surface area contributed by atoms with Crippen molar-refractivity contribution < 1.29 is 9.72 Å². The minimum atomic E-state index is -0.622. The van der Waals surface area contributed by atoms with E-state index in [-0.39, 0.29) is 22.8 Å². The number of benzene rings is 1. The van der Waals surface area contributed by atoms with Gasteiger partial charge in [0.1, 0.15) is 10.0 Å². The van der Waals surface area contributed by atoms with Gasteiger partial charge in [0, 0.05) is 17.1 Å². The zero-order valence-corrected chi connectivity index (χ0v) is 12.0. The third kappa shape index (κ3) is 3.12. The van der Waals surface area contributed by atoms with E-state index in [4.69, 9.17) is 11.6 Å². The summed E-state index contributed by atoms with van der Waals surface area (Å²) in [5.74, 6) is -0.466. The lowest BCUT2D eigenvalue weighted by Gasteiger charge is -2.05. The molecule has 104 valence electrons. The predicted molar refractivity (Wildman–Crippen MR) is 76.1 cm³/mol. The molecule has 0 fully saturated rings. The fraction of sp³-hybridized carbons (Fsp3) is 0.167.